The molecule has 0 atom stereocenters. The highest BCUT2D eigenvalue weighted by atomic mass is 35.5. The lowest BCUT2D eigenvalue weighted by Crippen LogP contribution is -2.17. The van der Waals surface area contributed by atoms with Crippen molar-refractivity contribution in [3.05, 3.63) is 75.8 Å². The van der Waals surface area contributed by atoms with Crippen LogP contribution >= 0.6 is 23.2 Å². The summed E-state index contributed by atoms with van der Waals surface area (Å²) in [5, 5.41) is -0.0113. The highest BCUT2D eigenvalue weighted by Crippen LogP contribution is 2.42. The summed E-state index contributed by atoms with van der Waals surface area (Å²) in [5.41, 5.74) is -1.93. The van der Waals surface area contributed by atoms with Crippen LogP contribution < -0.4 is 9.62 Å². The van der Waals surface area contributed by atoms with Crippen molar-refractivity contribution in [2.24, 2.45) is 0 Å². The minimum Gasteiger partial charge on any atom is -0.375 e. The molecule has 0 aromatic heterocycles. The lowest BCUT2D eigenvalue weighted by atomic mass is 10.0. The number of hydrogen-bond acceptors (Lipinski definition) is 3. The van der Waals surface area contributed by atoms with Crippen molar-refractivity contribution in [1.82, 2.24) is 0 Å². The molecule has 3 aromatic carbocycles. The Labute approximate surface area is 186 Å². The van der Waals surface area contributed by atoms with Crippen molar-refractivity contribution in [3.8, 4) is 11.1 Å². The Morgan fingerprint density at radius 2 is 1.35 bits per heavy atom. The lowest BCUT2D eigenvalue weighted by Gasteiger charge is -2.20. The van der Waals surface area contributed by atoms with Gasteiger partial charge < -0.3 is 4.90 Å². The average molecular weight is 493 g/mol. The van der Waals surface area contributed by atoms with Gasteiger partial charge in [-0.3, -0.25) is 4.72 Å². The second-order valence-corrected chi connectivity index (χ2v) is 9.10. The lowest BCUT2D eigenvalue weighted by molar-refractivity contribution is 0.413. The molecular formula is C20H14Cl2F4N2O2S. The number of rotatable bonds is 5. The van der Waals surface area contributed by atoms with Gasteiger partial charge in [0.2, 0.25) is 0 Å². The van der Waals surface area contributed by atoms with Gasteiger partial charge in [-0.2, -0.15) is 0 Å². The predicted molar refractivity (Wildman–Crippen MR) is 113 cm³/mol. The molecule has 0 unspecified atom stereocenters. The van der Waals surface area contributed by atoms with E-state index in [1.165, 1.54) is 24.3 Å². The molecule has 164 valence electrons. The fraction of sp³-hybridized carbons (Fsp3) is 0.100. The van der Waals surface area contributed by atoms with Crippen LogP contribution in [0, 0.1) is 23.3 Å². The number of benzene rings is 3. The van der Waals surface area contributed by atoms with Gasteiger partial charge in [0.1, 0.15) is 0 Å². The molecule has 31 heavy (non-hydrogen) atoms. The van der Waals surface area contributed by atoms with Gasteiger partial charge in [0, 0.05) is 19.7 Å². The van der Waals surface area contributed by atoms with Gasteiger partial charge >= 0.3 is 0 Å². The van der Waals surface area contributed by atoms with Crippen LogP contribution in [0.4, 0.5) is 28.9 Å². The number of halogens is 6. The average Bonchev–Trinajstić information content (AvgIpc) is 2.70. The summed E-state index contributed by atoms with van der Waals surface area (Å²) < 4.78 is 84.6. The molecule has 0 radical (unpaired) electrons. The first-order chi connectivity index (χ1) is 14.5. The molecule has 11 heteroatoms. The second-order valence-electron chi connectivity index (χ2n) is 6.61. The van der Waals surface area contributed by atoms with E-state index < -0.39 is 44.5 Å². The van der Waals surface area contributed by atoms with Crippen LogP contribution in [-0.4, -0.2) is 22.5 Å². The van der Waals surface area contributed by atoms with Crippen molar-refractivity contribution < 1.29 is 26.0 Å². The molecule has 1 N–H and O–H groups in total. The summed E-state index contributed by atoms with van der Waals surface area (Å²) in [5.74, 6) is -8.01. The van der Waals surface area contributed by atoms with Gasteiger partial charge in [-0.25, -0.2) is 26.0 Å². The Kier molecular flexibility index (Phi) is 6.40. The molecule has 3 aromatic rings. The fourth-order valence-corrected chi connectivity index (χ4v) is 4.85. The molecule has 0 aliphatic heterocycles. The van der Waals surface area contributed by atoms with E-state index in [-0.39, 0.29) is 20.5 Å². The molecule has 0 saturated heterocycles. The molecule has 0 fully saturated rings. The molecule has 0 aliphatic rings. The van der Waals surface area contributed by atoms with Crippen molar-refractivity contribution >= 4 is 44.6 Å². The maximum Gasteiger partial charge on any atom is 0.262 e. The fourth-order valence-electron chi connectivity index (χ4n) is 2.93. The zero-order valence-corrected chi connectivity index (χ0v) is 18.3. The number of hydrogen-bond donors (Lipinski definition) is 1. The van der Waals surface area contributed by atoms with Gasteiger partial charge in [0.25, 0.3) is 10.0 Å². The summed E-state index contributed by atoms with van der Waals surface area (Å²) in [6, 6.07) is 9.00. The summed E-state index contributed by atoms with van der Waals surface area (Å²) in [6.07, 6.45) is 0. The Balaban J connectivity index is 2.30. The Hall–Kier alpha value is -2.49. The maximum atomic E-state index is 14.8. The number of nitrogens with zero attached hydrogens (tertiary/aromatic N) is 1. The van der Waals surface area contributed by atoms with Gasteiger partial charge in [-0.1, -0.05) is 41.4 Å². The van der Waals surface area contributed by atoms with Gasteiger partial charge in [-0.05, 0) is 29.8 Å². The predicted octanol–water partition coefficient (Wildman–Crippen LogP) is 6.08. The van der Waals surface area contributed by atoms with Crippen LogP contribution in [0.3, 0.4) is 0 Å². The van der Waals surface area contributed by atoms with E-state index >= 15 is 0 Å². The first kappa shape index (κ1) is 23.2. The van der Waals surface area contributed by atoms with Gasteiger partial charge in [-0.15, -0.1) is 0 Å². The number of nitrogens with one attached hydrogen (secondary N) is 1. The van der Waals surface area contributed by atoms with Crippen LogP contribution in [0.15, 0.2) is 47.4 Å². The van der Waals surface area contributed by atoms with Crippen LogP contribution in [-0.2, 0) is 10.0 Å². The highest BCUT2D eigenvalue weighted by molar-refractivity contribution is 7.92. The van der Waals surface area contributed by atoms with E-state index in [4.69, 9.17) is 23.2 Å². The van der Waals surface area contributed by atoms with Crippen molar-refractivity contribution in [3.63, 3.8) is 0 Å². The molecule has 0 spiro atoms. The molecule has 0 saturated carbocycles. The summed E-state index contributed by atoms with van der Waals surface area (Å²) in [7, 11) is -1.22. The largest absolute Gasteiger partial charge is 0.375 e. The molecular weight excluding hydrogens is 479 g/mol. The van der Waals surface area contributed by atoms with E-state index in [1.54, 1.807) is 25.1 Å². The topological polar surface area (TPSA) is 49.4 Å². The molecule has 0 aliphatic carbocycles. The monoisotopic (exact) mass is 492 g/mol. The first-order valence-electron chi connectivity index (χ1n) is 8.56. The van der Waals surface area contributed by atoms with E-state index in [9.17, 15) is 26.0 Å². The van der Waals surface area contributed by atoms with Crippen LogP contribution in [0.2, 0.25) is 10.0 Å². The van der Waals surface area contributed by atoms with Gasteiger partial charge in [0.15, 0.2) is 23.3 Å². The molecule has 3 rings (SSSR count). The summed E-state index contributed by atoms with van der Waals surface area (Å²) in [6.45, 7) is 0. The third-order valence-corrected chi connectivity index (χ3v) is 6.25. The van der Waals surface area contributed by atoms with E-state index in [0.29, 0.717) is 5.69 Å². The Morgan fingerprint density at radius 1 is 0.839 bits per heavy atom. The SMILES string of the molecule is CN(C)c1c(Cl)cc(-c2c(F)c(F)c(F)c(F)c2NS(=O)(=O)c2ccccc2)cc1Cl. The third kappa shape index (κ3) is 4.30. The van der Waals surface area contributed by atoms with Crippen LogP contribution in [0.25, 0.3) is 11.1 Å². The van der Waals surface area contributed by atoms with Crippen molar-refractivity contribution in [2.75, 3.05) is 23.7 Å². The summed E-state index contributed by atoms with van der Waals surface area (Å²) >= 11 is 12.4. The first-order valence-corrected chi connectivity index (χ1v) is 10.8. The zero-order valence-electron chi connectivity index (χ0n) is 16.0. The van der Waals surface area contributed by atoms with E-state index in [0.717, 1.165) is 12.1 Å². The molecule has 0 bridgehead atoms. The summed E-state index contributed by atoms with van der Waals surface area (Å²) in [4.78, 5) is 1.25. The van der Waals surface area contributed by atoms with E-state index in [2.05, 4.69) is 0 Å². The smallest absolute Gasteiger partial charge is 0.262 e. The van der Waals surface area contributed by atoms with Crippen molar-refractivity contribution in [2.45, 2.75) is 4.90 Å². The second kappa shape index (κ2) is 8.57. The van der Waals surface area contributed by atoms with Crippen LogP contribution in [0.1, 0.15) is 0 Å². The Morgan fingerprint density at radius 3 is 1.87 bits per heavy atom. The van der Waals surface area contributed by atoms with Crippen LogP contribution in [0.5, 0.6) is 0 Å². The molecule has 0 heterocycles. The van der Waals surface area contributed by atoms with Gasteiger partial charge in [0.05, 0.1) is 26.3 Å². The molecule has 4 nitrogen and oxygen atoms in total. The third-order valence-electron chi connectivity index (χ3n) is 4.31. The highest BCUT2D eigenvalue weighted by Gasteiger charge is 2.30. The Bertz CT molecular complexity index is 1250. The minimum absolute atomic E-state index is 0.00564. The number of sulfonamides is 1. The van der Waals surface area contributed by atoms with Crippen molar-refractivity contribution in [1.29, 1.82) is 0 Å². The maximum absolute atomic E-state index is 14.8. The van der Waals surface area contributed by atoms with E-state index in [1.807, 2.05) is 4.72 Å². The number of anilines is 2. The molecule has 0 amide bonds. The standard InChI is InChI=1S/C20H14Cl2F4N2O2S/c1-28(2)20-12(21)8-10(9-13(20)22)14-15(23)16(24)17(25)18(26)19(14)27-31(29,30)11-6-4-3-5-7-11/h3-9,27H,1-2H3. The minimum atomic E-state index is -4.47. The normalized spacial score (nSPS) is 11.5. The zero-order chi connectivity index (χ0) is 23.1. The quantitative estimate of drug-likeness (QED) is 0.266.